The number of nitrogens with one attached hydrogen (secondary N) is 1. The molecule has 0 aromatic carbocycles. The van der Waals surface area contributed by atoms with Crippen LogP contribution in [-0.2, 0) is 0 Å². The molecule has 0 amide bonds. The SMILES string of the molecule is CC(N[C@H]1C[C@@H](O)[C@@H]1n1cccn1)c1ccncn1. The van der Waals surface area contributed by atoms with Gasteiger partial charge in [0.25, 0.3) is 0 Å². The molecule has 0 aliphatic heterocycles. The molecule has 19 heavy (non-hydrogen) atoms. The van der Waals surface area contributed by atoms with Crippen molar-refractivity contribution in [1.29, 1.82) is 0 Å². The van der Waals surface area contributed by atoms with Crippen LogP contribution < -0.4 is 5.32 Å². The summed E-state index contributed by atoms with van der Waals surface area (Å²) >= 11 is 0. The highest BCUT2D eigenvalue weighted by molar-refractivity contribution is 5.07. The third-order valence-corrected chi connectivity index (χ3v) is 3.64. The second-order valence-electron chi connectivity index (χ2n) is 4.91. The van der Waals surface area contributed by atoms with Crippen LogP contribution in [0.1, 0.15) is 31.1 Å². The Hall–Kier alpha value is -1.79. The smallest absolute Gasteiger partial charge is 0.115 e. The van der Waals surface area contributed by atoms with Crippen molar-refractivity contribution >= 4 is 0 Å². The average molecular weight is 259 g/mol. The Morgan fingerprint density at radius 3 is 3.00 bits per heavy atom. The first kappa shape index (κ1) is 12.3. The standard InChI is InChI=1S/C13H17N5O/c1-9(10-3-5-14-8-15-10)17-11-7-12(19)13(11)18-6-2-4-16-18/h2-6,8-9,11-13,17,19H,7H2,1H3/t9?,11-,12+,13+/m0/s1. The number of nitrogens with zero attached hydrogens (tertiary/aromatic N) is 4. The van der Waals surface area contributed by atoms with Gasteiger partial charge in [0.1, 0.15) is 6.33 Å². The van der Waals surface area contributed by atoms with E-state index in [4.69, 9.17) is 0 Å². The summed E-state index contributed by atoms with van der Waals surface area (Å²) in [5.41, 5.74) is 0.954. The Morgan fingerprint density at radius 2 is 2.37 bits per heavy atom. The zero-order valence-electron chi connectivity index (χ0n) is 10.7. The Kier molecular flexibility index (Phi) is 3.27. The number of aromatic nitrogens is 4. The molecule has 0 radical (unpaired) electrons. The van der Waals surface area contributed by atoms with E-state index in [0.717, 1.165) is 12.1 Å². The third-order valence-electron chi connectivity index (χ3n) is 3.64. The van der Waals surface area contributed by atoms with Gasteiger partial charge in [0.2, 0.25) is 0 Å². The van der Waals surface area contributed by atoms with Crippen LogP contribution in [0.15, 0.2) is 37.1 Å². The molecular formula is C13H17N5O. The molecule has 0 saturated heterocycles. The molecule has 0 bridgehead atoms. The van der Waals surface area contributed by atoms with E-state index in [0.29, 0.717) is 0 Å². The van der Waals surface area contributed by atoms with Gasteiger partial charge < -0.3 is 10.4 Å². The Labute approximate surface area is 111 Å². The van der Waals surface area contributed by atoms with Crippen LogP contribution in [0.4, 0.5) is 0 Å². The maximum Gasteiger partial charge on any atom is 0.115 e. The molecule has 1 saturated carbocycles. The molecule has 0 spiro atoms. The quantitative estimate of drug-likeness (QED) is 0.845. The topological polar surface area (TPSA) is 75.9 Å². The van der Waals surface area contributed by atoms with Crippen molar-refractivity contribution in [3.63, 3.8) is 0 Å². The third kappa shape index (κ3) is 2.36. The predicted molar refractivity (Wildman–Crippen MR) is 69.3 cm³/mol. The molecule has 6 heteroatoms. The van der Waals surface area contributed by atoms with Crippen molar-refractivity contribution in [2.24, 2.45) is 0 Å². The number of hydrogen-bond donors (Lipinski definition) is 2. The first-order valence-corrected chi connectivity index (χ1v) is 6.45. The van der Waals surface area contributed by atoms with Crippen molar-refractivity contribution in [3.8, 4) is 0 Å². The fraction of sp³-hybridized carbons (Fsp3) is 0.462. The van der Waals surface area contributed by atoms with Crippen LogP contribution in [-0.4, -0.2) is 37.0 Å². The molecule has 3 rings (SSSR count). The Morgan fingerprint density at radius 1 is 1.47 bits per heavy atom. The van der Waals surface area contributed by atoms with Crippen molar-refractivity contribution in [2.45, 2.75) is 37.6 Å². The summed E-state index contributed by atoms with van der Waals surface area (Å²) in [5, 5.41) is 17.6. The zero-order valence-corrected chi connectivity index (χ0v) is 10.7. The number of aliphatic hydroxyl groups is 1. The molecule has 1 aliphatic rings. The van der Waals surface area contributed by atoms with Crippen molar-refractivity contribution in [1.82, 2.24) is 25.1 Å². The fourth-order valence-electron chi connectivity index (χ4n) is 2.56. The second-order valence-corrected chi connectivity index (χ2v) is 4.91. The van der Waals surface area contributed by atoms with Crippen LogP contribution in [0.3, 0.4) is 0 Å². The highest BCUT2D eigenvalue weighted by Gasteiger charge is 2.42. The van der Waals surface area contributed by atoms with E-state index in [1.807, 2.05) is 23.0 Å². The highest BCUT2D eigenvalue weighted by atomic mass is 16.3. The Bertz CT molecular complexity index is 515. The number of aliphatic hydroxyl groups excluding tert-OH is 1. The summed E-state index contributed by atoms with van der Waals surface area (Å²) in [7, 11) is 0. The first-order valence-electron chi connectivity index (χ1n) is 6.45. The lowest BCUT2D eigenvalue weighted by molar-refractivity contribution is -0.0112. The second kappa shape index (κ2) is 5.07. The van der Waals surface area contributed by atoms with Crippen LogP contribution in [0.25, 0.3) is 0 Å². The molecule has 2 N–H and O–H groups in total. The summed E-state index contributed by atoms with van der Waals surface area (Å²) in [6.45, 7) is 2.06. The van der Waals surface area contributed by atoms with Gasteiger partial charge in [-0.25, -0.2) is 9.97 Å². The largest absolute Gasteiger partial charge is 0.391 e. The van der Waals surface area contributed by atoms with Crippen LogP contribution in [0.2, 0.25) is 0 Å². The summed E-state index contributed by atoms with van der Waals surface area (Å²) in [6.07, 6.45) is 7.30. The van der Waals surface area contributed by atoms with Crippen LogP contribution >= 0.6 is 0 Å². The van der Waals surface area contributed by atoms with Crippen LogP contribution in [0, 0.1) is 0 Å². The molecule has 100 valence electrons. The van der Waals surface area contributed by atoms with Gasteiger partial charge in [-0.05, 0) is 25.5 Å². The van der Waals surface area contributed by atoms with E-state index in [1.54, 1.807) is 18.7 Å². The number of rotatable bonds is 4. The van der Waals surface area contributed by atoms with Crippen molar-refractivity contribution in [3.05, 3.63) is 42.7 Å². The monoisotopic (exact) mass is 259 g/mol. The lowest BCUT2D eigenvalue weighted by Gasteiger charge is -2.43. The maximum absolute atomic E-state index is 9.91. The minimum absolute atomic E-state index is 0.000660. The van der Waals surface area contributed by atoms with E-state index in [2.05, 4.69) is 27.3 Å². The van der Waals surface area contributed by atoms with E-state index < -0.39 is 0 Å². The molecule has 6 nitrogen and oxygen atoms in total. The van der Waals surface area contributed by atoms with Gasteiger partial charge >= 0.3 is 0 Å². The van der Waals surface area contributed by atoms with E-state index in [9.17, 15) is 5.11 Å². The van der Waals surface area contributed by atoms with Gasteiger partial charge in [-0.3, -0.25) is 4.68 Å². The average Bonchev–Trinajstić information content (AvgIpc) is 2.92. The maximum atomic E-state index is 9.91. The van der Waals surface area contributed by atoms with Crippen molar-refractivity contribution in [2.75, 3.05) is 0 Å². The van der Waals surface area contributed by atoms with Gasteiger partial charge in [-0.15, -0.1) is 0 Å². The summed E-state index contributed by atoms with van der Waals surface area (Å²) in [4.78, 5) is 8.15. The summed E-state index contributed by atoms with van der Waals surface area (Å²) in [5.74, 6) is 0. The lowest BCUT2D eigenvalue weighted by atomic mass is 9.82. The fourth-order valence-corrected chi connectivity index (χ4v) is 2.56. The minimum Gasteiger partial charge on any atom is -0.391 e. The molecule has 4 atom stereocenters. The van der Waals surface area contributed by atoms with Gasteiger partial charge in [-0.2, -0.15) is 5.10 Å². The summed E-state index contributed by atoms with van der Waals surface area (Å²) in [6, 6.07) is 4.10. The van der Waals surface area contributed by atoms with Gasteiger partial charge in [0.05, 0.1) is 17.8 Å². The van der Waals surface area contributed by atoms with Gasteiger partial charge in [-0.1, -0.05) is 0 Å². The molecule has 2 aromatic rings. The first-order chi connectivity index (χ1) is 9.25. The highest BCUT2D eigenvalue weighted by Crippen LogP contribution is 2.33. The van der Waals surface area contributed by atoms with Gasteiger partial charge in [0, 0.05) is 30.7 Å². The summed E-state index contributed by atoms with van der Waals surface area (Å²) < 4.78 is 1.82. The van der Waals surface area contributed by atoms with Gasteiger partial charge in [0.15, 0.2) is 0 Å². The molecule has 2 aromatic heterocycles. The molecule has 1 unspecified atom stereocenters. The Balaban J connectivity index is 1.67. The van der Waals surface area contributed by atoms with Crippen LogP contribution in [0.5, 0.6) is 0 Å². The van der Waals surface area contributed by atoms with E-state index >= 15 is 0 Å². The van der Waals surface area contributed by atoms with Crippen molar-refractivity contribution < 1.29 is 5.11 Å². The van der Waals surface area contributed by atoms with E-state index in [-0.39, 0.29) is 24.2 Å². The predicted octanol–water partition coefficient (Wildman–Crippen LogP) is 0.698. The molecular weight excluding hydrogens is 242 g/mol. The normalized spacial score (nSPS) is 27.8. The zero-order chi connectivity index (χ0) is 13.2. The lowest BCUT2D eigenvalue weighted by Crippen LogP contribution is -2.55. The molecule has 2 heterocycles. The minimum atomic E-state index is -0.338. The number of hydrogen-bond acceptors (Lipinski definition) is 5. The van der Waals surface area contributed by atoms with E-state index in [1.165, 1.54) is 0 Å². The molecule has 1 fully saturated rings. The molecule has 1 aliphatic carbocycles.